The van der Waals surface area contributed by atoms with E-state index >= 15 is 0 Å². The van der Waals surface area contributed by atoms with Crippen LogP contribution >= 0.6 is 0 Å². The lowest BCUT2D eigenvalue weighted by Crippen LogP contribution is -2.31. The van der Waals surface area contributed by atoms with Gasteiger partial charge >= 0.3 is 6.09 Å². The molecule has 1 fully saturated rings. The number of nitrogens with one attached hydrogen (secondary N) is 1. The zero-order chi connectivity index (χ0) is 30.0. The van der Waals surface area contributed by atoms with E-state index in [1.54, 1.807) is 11.7 Å². The third kappa shape index (κ3) is 6.46. The van der Waals surface area contributed by atoms with Gasteiger partial charge in [-0.25, -0.2) is 14.3 Å². The lowest BCUT2D eigenvalue weighted by molar-refractivity contribution is 0.0539. The van der Waals surface area contributed by atoms with Gasteiger partial charge in [-0.3, -0.25) is 0 Å². The van der Waals surface area contributed by atoms with Crippen molar-refractivity contribution in [2.24, 2.45) is 0 Å². The maximum absolute atomic E-state index is 13.5. The third-order valence-corrected chi connectivity index (χ3v) is 8.11. The van der Waals surface area contributed by atoms with Crippen molar-refractivity contribution in [3.05, 3.63) is 59.9 Å². The van der Waals surface area contributed by atoms with Crippen LogP contribution in [-0.4, -0.2) is 62.4 Å². The van der Waals surface area contributed by atoms with Gasteiger partial charge in [0.25, 0.3) is 0 Å². The zero-order valence-electron chi connectivity index (χ0n) is 25.7. The fourth-order valence-electron chi connectivity index (χ4n) is 6.02. The molecule has 1 aliphatic carbocycles. The number of hydrogen-bond donors (Lipinski definition) is 1. The van der Waals surface area contributed by atoms with Crippen molar-refractivity contribution in [2.45, 2.75) is 71.4 Å². The Hall–Kier alpha value is -4.11. The van der Waals surface area contributed by atoms with E-state index in [9.17, 15) is 4.79 Å². The predicted molar refractivity (Wildman–Crippen MR) is 171 cm³/mol. The van der Waals surface area contributed by atoms with Crippen molar-refractivity contribution in [3.8, 4) is 17.0 Å². The van der Waals surface area contributed by atoms with E-state index in [2.05, 4.69) is 33.0 Å². The monoisotopic (exact) mass is 582 g/mol. The maximum atomic E-state index is 13.5. The number of hydrogen-bond acceptors (Lipinski definition) is 7. The van der Waals surface area contributed by atoms with Gasteiger partial charge in [-0.15, -0.1) is 0 Å². The summed E-state index contributed by atoms with van der Waals surface area (Å²) in [5, 5.41) is 3.51. The van der Waals surface area contributed by atoms with E-state index in [1.165, 1.54) is 32.4 Å². The second kappa shape index (κ2) is 12.2. The number of imidazole rings is 1. The molecule has 1 aromatic carbocycles. The highest BCUT2D eigenvalue weighted by Gasteiger charge is 2.26. The normalized spacial score (nSPS) is 15.4. The second-order valence-corrected chi connectivity index (χ2v) is 12.5. The smallest absolute Gasteiger partial charge is 0.419 e. The number of carbonyl (C=O) groups is 1. The molecule has 0 radical (unpaired) electrons. The fraction of sp³-hybridized carbons (Fsp3) is 0.441. The molecule has 43 heavy (non-hydrogen) atoms. The van der Waals surface area contributed by atoms with Crippen LogP contribution in [-0.2, 0) is 17.7 Å². The molecule has 226 valence electrons. The molecule has 3 aromatic heterocycles. The van der Waals surface area contributed by atoms with E-state index in [4.69, 9.17) is 19.4 Å². The standard InChI is InChI=1S/C34H42N6O3/c1-34(2,3)43-33(41)40-28-12-7-6-11-24(28)21-29(40)25-22-30-31(35-23-25)37-32(36-26-13-15-27(42-4)16-14-26)39(30)20-10-19-38-17-8-5-9-18-38/h7,12-16,21-23H,5-6,8-11,17-20H2,1-4H3,(H,35,36,37). The predicted octanol–water partition coefficient (Wildman–Crippen LogP) is 7.27. The topological polar surface area (TPSA) is 86.4 Å². The van der Waals surface area contributed by atoms with Crippen LogP contribution in [0.5, 0.6) is 5.75 Å². The summed E-state index contributed by atoms with van der Waals surface area (Å²) in [5.74, 6) is 1.55. The molecule has 0 saturated carbocycles. The number of methoxy groups -OCH3 is 1. The first-order valence-corrected chi connectivity index (χ1v) is 15.4. The molecule has 0 unspecified atom stereocenters. The van der Waals surface area contributed by atoms with Gasteiger partial charge in [0.05, 0.1) is 24.0 Å². The minimum absolute atomic E-state index is 0.382. The molecule has 6 rings (SSSR count). The first-order chi connectivity index (χ1) is 20.8. The van der Waals surface area contributed by atoms with Crippen molar-refractivity contribution < 1.29 is 14.3 Å². The van der Waals surface area contributed by atoms with Gasteiger partial charge in [-0.2, -0.15) is 4.98 Å². The SMILES string of the molecule is COc1ccc(Nc2nc3ncc(-c4cc5c(n4C(=O)OC(C)(C)C)C=CCC5)cc3n2CCCN2CCCCC2)cc1. The van der Waals surface area contributed by atoms with E-state index < -0.39 is 5.60 Å². The van der Waals surface area contributed by atoms with Crippen LogP contribution < -0.4 is 10.1 Å². The molecule has 1 N–H and O–H groups in total. The summed E-state index contributed by atoms with van der Waals surface area (Å²) < 4.78 is 15.1. The Morgan fingerprint density at radius 3 is 2.58 bits per heavy atom. The number of benzene rings is 1. The lowest BCUT2D eigenvalue weighted by Gasteiger charge is -2.26. The van der Waals surface area contributed by atoms with Crippen LogP contribution in [0.2, 0.25) is 0 Å². The number of pyridine rings is 1. The molecule has 0 spiro atoms. The number of ether oxygens (including phenoxy) is 2. The summed E-state index contributed by atoms with van der Waals surface area (Å²) in [6.45, 7) is 9.87. The third-order valence-electron chi connectivity index (χ3n) is 8.11. The number of carbonyl (C=O) groups excluding carboxylic acids is 1. The summed E-state index contributed by atoms with van der Waals surface area (Å²) in [4.78, 5) is 25.8. The first kappa shape index (κ1) is 29.0. The summed E-state index contributed by atoms with van der Waals surface area (Å²) >= 11 is 0. The Labute approximate surface area is 253 Å². The average molecular weight is 583 g/mol. The molecule has 0 amide bonds. The van der Waals surface area contributed by atoms with Crippen LogP contribution in [0.15, 0.2) is 48.7 Å². The number of nitrogens with zero attached hydrogens (tertiary/aromatic N) is 5. The number of anilines is 2. The molecule has 9 heteroatoms. The quantitative estimate of drug-likeness (QED) is 0.234. The highest BCUT2D eigenvalue weighted by molar-refractivity contribution is 5.87. The number of allylic oxidation sites excluding steroid dienone is 1. The van der Waals surface area contributed by atoms with E-state index in [1.807, 2.05) is 57.3 Å². The van der Waals surface area contributed by atoms with Gasteiger partial charge in [0, 0.05) is 24.0 Å². The van der Waals surface area contributed by atoms with Gasteiger partial charge < -0.3 is 24.3 Å². The maximum Gasteiger partial charge on any atom is 0.419 e. The van der Waals surface area contributed by atoms with Crippen molar-refractivity contribution in [2.75, 3.05) is 32.1 Å². The minimum Gasteiger partial charge on any atom is -0.497 e. The fourth-order valence-corrected chi connectivity index (χ4v) is 6.02. The Morgan fingerprint density at radius 2 is 1.84 bits per heavy atom. The summed E-state index contributed by atoms with van der Waals surface area (Å²) in [5.41, 5.74) is 5.57. The molecule has 1 saturated heterocycles. The molecule has 2 aliphatic rings. The Morgan fingerprint density at radius 1 is 1.05 bits per heavy atom. The summed E-state index contributed by atoms with van der Waals surface area (Å²) in [7, 11) is 1.67. The Balaban J connectivity index is 1.38. The van der Waals surface area contributed by atoms with Gasteiger partial charge in [0.1, 0.15) is 11.4 Å². The highest BCUT2D eigenvalue weighted by atomic mass is 16.6. The number of piperidine rings is 1. The van der Waals surface area contributed by atoms with E-state index in [0.29, 0.717) is 5.65 Å². The highest BCUT2D eigenvalue weighted by Crippen LogP contribution is 2.33. The molecule has 0 bridgehead atoms. The second-order valence-electron chi connectivity index (χ2n) is 12.5. The van der Waals surface area contributed by atoms with Crippen molar-refractivity contribution in [1.82, 2.24) is 24.0 Å². The first-order valence-electron chi connectivity index (χ1n) is 15.4. The van der Waals surface area contributed by atoms with Gasteiger partial charge in [0.2, 0.25) is 5.95 Å². The number of rotatable bonds is 8. The van der Waals surface area contributed by atoms with E-state index in [0.717, 1.165) is 77.8 Å². The minimum atomic E-state index is -0.610. The van der Waals surface area contributed by atoms with Crippen molar-refractivity contribution in [3.63, 3.8) is 0 Å². The van der Waals surface area contributed by atoms with Crippen LogP contribution in [0.4, 0.5) is 16.4 Å². The van der Waals surface area contributed by atoms with Crippen LogP contribution in [0.1, 0.15) is 64.1 Å². The lowest BCUT2D eigenvalue weighted by atomic mass is 10.0. The Kier molecular flexibility index (Phi) is 8.25. The molecule has 4 heterocycles. The van der Waals surface area contributed by atoms with Crippen LogP contribution in [0, 0.1) is 0 Å². The molecular weight excluding hydrogens is 540 g/mol. The number of likely N-dealkylation sites (tertiary alicyclic amines) is 1. The van der Waals surface area contributed by atoms with Gasteiger partial charge in [-0.1, -0.05) is 12.5 Å². The Bertz CT molecular complexity index is 1620. The van der Waals surface area contributed by atoms with Gasteiger partial charge in [0.15, 0.2) is 5.65 Å². The van der Waals surface area contributed by atoms with Crippen molar-refractivity contribution >= 4 is 35.0 Å². The molecular formula is C34H42N6O3. The largest absolute Gasteiger partial charge is 0.497 e. The molecule has 9 nitrogen and oxygen atoms in total. The molecule has 0 atom stereocenters. The number of aromatic nitrogens is 4. The van der Waals surface area contributed by atoms with Gasteiger partial charge in [-0.05, 0) is 121 Å². The van der Waals surface area contributed by atoms with Crippen LogP contribution in [0.3, 0.4) is 0 Å². The van der Waals surface area contributed by atoms with Crippen LogP contribution in [0.25, 0.3) is 28.5 Å². The molecule has 1 aliphatic heterocycles. The van der Waals surface area contributed by atoms with Crippen molar-refractivity contribution in [1.29, 1.82) is 0 Å². The summed E-state index contributed by atoms with van der Waals surface area (Å²) in [6.07, 6.45) is 12.3. The zero-order valence-corrected chi connectivity index (χ0v) is 25.7. The number of fused-ring (bicyclic) bond motifs is 2. The summed E-state index contributed by atoms with van der Waals surface area (Å²) in [6, 6.07) is 12.1. The molecule has 4 aromatic rings. The number of aryl methyl sites for hydroxylation is 2. The van der Waals surface area contributed by atoms with E-state index in [-0.39, 0.29) is 6.09 Å². The average Bonchev–Trinajstić information content (AvgIpc) is 3.55.